The van der Waals surface area contributed by atoms with Gasteiger partial charge in [-0.25, -0.2) is 13.6 Å². The fraction of sp³-hybridized carbons (Fsp3) is 0.467. The molecule has 2 unspecified atom stereocenters. The molecule has 2 rings (SSSR count). The highest BCUT2D eigenvalue weighted by atomic mass is 19.3. The number of carbonyl (C=O) groups excluding carboxylic acids is 1. The van der Waals surface area contributed by atoms with Crippen LogP contribution in [0.2, 0.25) is 0 Å². The number of carboxylic acid groups (broad SMARTS) is 1. The Hall–Kier alpha value is -2.18. The summed E-state index contributed by atoms with van der Waals surface area (Å²) < 4.78 is 30.2. The second-order valence-electron chi connectivity index (χ2n) is 5.38. The minimum absolute atomic E-state index is 0.295. The van der Waals surface area contributed by atoms with Crippen molar-refractivity contribution in [1.29, 1.82) is 0 Å². The number of rotatable bonds is 5. The summed E-state index contributed by atoms with van der Waals surface area (Å²) in [6.07, 6.45) is -4.34. The van der Waals surface area contributed by atoms with Crippen LogP contribution >= 0.6 is 0 Å². The van der Waals surface area contributed by atoms with Gasteiger partial charge in [0.15, 0.2) is 6.10 Å². The first kappa shape index (κ1) is 16.2. The zero-order valence-electron chi connectivity index (χ0n) is 12.2. The number of hydrogen-bond acceptors (Lipinski definition) is 3. The highest BCUT2D eigenvalue weighted by molar-refractivity contribution is 5.87. The van der Waals surface area contributed by atoms with Gasteiger partial charge in [-0.1, -0.05) is 6.07 Å². The van der Waals surface area contributed by atoms with E-state index in [1.807, 2.05) is 26.0 Å². The van der Waals surface area contributed by atoms with E-state index in [0.29, 0.717) is 12.2 Å². The normalized spacial score (nSPS) is 17.8. The maximum atomic E-state index is 12.3. The van der Waals surface area contributed by atoms with E-state index in [1.165, 1.54) is 0 Å². The summed E-state index contributed by atoms with van der Waals surface area (Å²) in [5.74, 6) is -1.61. The van der Waals surface area contributed by atoms with Crippen LogP contribution < -0.4 is 10.1 Å². The summed E-state index contributed by atoms with van der Waals surface area (Å²) >= 11 is 0. The van der Waals surface area contributed by atoms with Gasteiger partial charge in [0.25, 0.3) is 5.91 Å². The van der Waals surface area contributed by atoms with Gasteiger partial charge < -0.3 is 15.2 Å². The Morgan fingerprint density at radius 3 is 2.59 bits per heavy atom. The van der Waals surface area contributed by atoms with E-state index < -0.39 is 36.9 Å². The molecule has 0 aromatic heterocycles. The minimum atomic E-state index is -2.81. The average Bonchev–Trinajstić information content (AvgIpc) is 2.80. The molecule has 0 fully saturated rings. The lowest BCUT2D eigenvalue weighted by molar-refractivity contribution is -0.144. The van der Waals surface area contributed by atoms with Gasteiger partial charge in [-0.05, 0) is 36.6 Å². The largest absolute Gasteiger partial charge is 0.480 e. The third-order valence-corrected chi connectivity index (χ3v) is 3.67. The van der Waals surface area contributed by atoms with Gasteiger partial charge in [-0.2, -0.15) is 0 Å². The lowest BCUT2D eigenvalue weighted by atomic mass is 10.0. The quantitative estimate of drug-likeness (QED) is 0.869. The lowest BCUT2D eigenvalue weighted by Gasteiger charge is -2.17. The van der Waals surface area contributed by atoms with Crippen molar-refractivity contribution in [2.24, 2.45) is 0 Å². The third kappa shape index (κ3) is 3.52. The second-order valence-corrected chi connectivity index (χ2v) is 5.38. The van der Waals surface area contributed by atoms with Crippen LogP contribution in [-0.2, 0) is 16.0 Å². The molecule has 0 radical (unpaired) electrons. The van der Waals surface area contributed by atoms with Crippen molar-refractivity contribution in [3.05, 3.63) is 28.8 Å². The molecule has 120 valence electrons. The fourth-order valence-corrected chi connectivity index (χ4v) is 2.32. The molecule has 7 heteroatoms. The standard InChI is InChI=1S/C15H17F2NO4/c1-7-3-9-5-12(22-11(9)4-8(7)2)14(19)18-10(15(20)21)6-13(16)17/h3-4,10,12-13H,5-6H2,1-2H3,(H,18,19)(H,20,21). The van der Waals surface area contributed by atoms with Crippen molar-refractivity contribution in [2.45, 2.75) is 45.3 Å². The van der Waals surface area contributed by atoms with Gasteiger partial charge in [0, 0.05) is 12.8 Å². The van der Waals surface area contributed by atoms with Crippen molar-refractivity contribution < 1.29 is 28.2 Å². The predicted octanol–water partition coefficient (Wildman–Crippen LogP) is 1.83. The molecule has 1 aromatic carbocycles. The Morgan fingerprint density at radius 1 is 1.36 bits per heavy atom. The van der Waals surface area contributed by atoms with Crippen LogP contribution in [0, 0.1) is 13.8 Å². The summed E-state index contributed by atoms with van der Waals surface area (Å²) in [6.45, 7) is 3.85. The van der Waals surface area contributed by atoms with E-state index in [1.54, 1.807) is 0 Å². The summed E-state index contributed by atoms with van der Waals surface area (Å²) in [4.78, 5) is 22.9. The van der Waals surface area contributed by atoms with Gasteiger partial charge in [0.2, 0.25) is 6.43 Å². The number of nitrogens with one attached hydrogen (secondary N) is 1. The number of amides is 1. The number of benzene rings is 1. The SMILES string of the molecule is Cc1cc2c(cc1C)OC(C(=O)NC(CC(F)F)C(=O)O)C2. The first-order chi connectivity index (χ1) is 10.3. The Kier molecular flexibility index (Phi) is 4.63. The lowest BCUT2D eigenvalue weighted by Crippen LogP contribution is -2.47. The molecule has 0 saturated heterocycles. The highest BCUT2D eigenvalue weighted by Crippen LogP contribution is 2.31. The van der Waals surface area contributed by atoms with Crippen molar-refractivity contribution >= 4 is 11.9 Å². The van der Waals surface area contributed by atoms with Gasteiger partial charge in [-0.15, -0.1) is 0 Å². The fourth-order valence-electron chi connectivity index (χ4n) is 2.32. The maximum absolute atomic E-state index is 12.3. The van der Waals surface area contributed by atoms with Crippen molar-refractivity contribution in [2.75, 3.05) is 0 Å². The van der Waals surface area contributed by atoms with Crippen LogP contribution in [0.5, 0.6) is 5.75 Å². The van der Waals surface area contributed by atoms with Gasteiger partial charge in [0.1, 0.15) is 11.8 Å². The topological polar surface area (TPSA) is 75.6 Å². The van der Waals surface area contributed by atoms with E-state index in [4.69, 9.17) is 9.84 Å². The van der Waals surface area contributed by atoms with E-state index in [9.17, 15) is 18.4 Å². The first-order valence-electron chi connectivity index (χ1n) is 6.86. The Balaban J connectivity index is 2.04. The van der Waals surface area contributed by atoms with E-state index in [0.717, 1.165) is 16.7 Å². The number of ether oxygens (including phenoxy) is 1. The van der Waals surface area contributed by atoms with E-state index >= 15 is 0 Å². The molecule has 1 heterocycles. The first-order valence-corrected chi connectivity index (χ1v) is 6.86. The molecule has 2 N–H and O–H groups in total. The van der Waals surface area contributed by atoms with Crippen LogP contribution in [0.4, 0.5) is 8.78 Å². The molecule has 0 bridgehead atoms. The molecular formula is C15H17F2NO4. The second kappa shape index (κ2) is 6.29. The third-order valence-electron chi connectivity index (χ3n) is 3.67. The molecule has 1 aromatic rings. The number of fused-ring (bicyclic) bond motifs is 1. The van der Waals surface area contributed by atoms with Crippen LogP contribution in [-0.4, -0.2) is 35.6 Å². The van der Waals surface area contributed by atoms with Gasteiger partial charge in [-0.3, -0.25) is 4.79 Å². The molecule has 1 aliphatic heterocycles. The minimum Gasteiger partial charge on any atom is -0.480 e. The summed E-state index contributed by atoms with van der Waals surface area (Å²) in [5, 5.41) is 11.0. The van der Waals surface area contributed by atoms with Crippen LogP contribution in [0.3, 0.4) is 0 Å². The summed E-state index contributed by atoms with van der Waals surface area (Å²) in [6, 6.07) is 2.10. The van der Waals surface area contributed by atoms with Crippen LogP contribution in [0.15, 0.2) is 12.1 Å². The van der Waals surface area contributed by atoms with Crippen molar-refractivity contribution in [1.82, 2.24) is 5.32 Å². The molecule has 0 spiro atoms. The van der Waals surface area contributed by atoms with E-state index in [-0.39, 0.29) is 0 Å². The Morgan fingerprint density at radius 2 is 2.00 bits per heavy atom. The van der Waals surface area contributed by atoms with Crippen LogP contribution in [0.25, 0.3) is 0 Å². The number of alkyl halides is 2. The monoisotopic (exact) mass is 313 g/mol. The number of halogens is 2. The number of aryl methyl sites for hydroxylation is 2. The van der Waals surface area contributed by atoms with Crippen molar-refractivity contribution in [3.8, 4) is 5.75 Å². The molecule has 22 heavy (non-hydrogen) atoms. The number of hydrogen-bond donors (Lipinski definition) is 2. The smallest absolute Gasteiger partial charge is 0.326 e. The van der Waals surface area contributed by atoms with Gasteiger partial charge >= 0.3 is 5.97 Å². The number of aliphatic carboxylic acids is 1. The molecule has 1 aliphatic rings. The zero-order chi connectivity index (χ0) is 16.4. The summed E-state index contributed by atoms with van der Waals surface area (Å²) in [7, 11) is 0. The summed E-state index contributed by atoms with van der Waals surface area (Å²) in [5.41, 5.74) is 2.93. The van der Waals surface area contributed by atoms with Crippen LogP contribution in [0.1, 0.15) is 23.1 Å². The van der Waals surface area contributed by atoms with Crippen molar-refractivity contribution in [3.63, 3.8) is 0 Å². The van der Waals surface area contributed by atoms with Gasteiger partial charge in [0.05, 0.1) is 0 Å². The number of carboxylic acids is 1. The Labute approximate surface area is 126 Å². The molecule has 0 saturated carbocycles. The zero-order valence-corrected chi connectivity index (χ0v) is 12.2. The molecule has 5 nitrogen and oxygen atoms in total. The average molecular weight is 313 g/mol. The molecule has 2 atom stereocenters. The molecular weight excluding hydrogens is 296 g/mol. The Bertz CT molecular complexity index is 572. The highest BCUT2D eigenvalue weighted by Gasteiger charge is 2.33. The molecule has 0 aliphatic carbocycles. The van der Waals surface area contributed by atoms with E-state index in [2.05, 4.69) is 5.32 Å². The number of carbonyl (C=O) groups is 2. The molecule has 1 amide bonds. The maximum Gasteiger partial charge on any atom is 0.326 e. The predicted molar refractivity (Wildman–Crippen MR) is 74.2 cm³/mol.